The molecule has 5 nitrogen and oxygen atoms in total. The number of thioether (sulfide) groups is 1. The molecule has 0 aliphatic rings. The lowest BCUT2D eigenvalue weighted by molar-refractivity contribution is -0.136. The number of aryl methyl sites for hydroxylation is 1. The number of furan rings is 1. The van der Waals surface area contributed by atoms with Gasteiger partial charge in [-0.05, 0) is 19.9 Å². The summed E-state index contributed by atoms with van der Waals surface area (Å²) in [6.07, 6.45) is 0. The van der Waals surface area contributed by atoms with E-state index in [0.717, 1.165) is 5.56 Å². The molecule has 88 valence electrons. The second-order valence-electron chi connectivity index (χ2n) is 3.29. The predicted molar refractivity (Wildman–Crippen MR) is 58.8 cm³/mol. The Labute approximate surface area is 96.5 Å². The van der Waals surface area contributed by atoms with E-state index in [2.05, 4.69) is 0 Å². The molecule has 6 heteroatoms. The van der Waals surface area contributed by atoms with E-state index in [9.17, 15) is 9.59 Å². The summed E-state index contributed by atoms with van der Waals surface area (Å²) in [7, 11) is 0. The Morgan fingerprint density at radius 1 is 1.50 bits per heavy atom. The molecule has 16 heavy (non-hydrogen) atoms. The number of hydrogen-bond donors (Lipinski definition) is 2. The van der Waals surface area contributed by atoms with Crippen molar-refractivity contribution in [3.8, 4) is 0 Å². The number of carboxylic acids is 2. The second kappa shape index (κ2) is 5.07. The summed E-state index contributed by atoms with van der Waals surface area (Å²) in [6, 6.07) is 1.43. The van der Waals surface area contributed by atoms with Crippen molar-refractivity contribution in [1.29, 1.82) is 0 Å². The van der Waals surface area contributed by atoms with Crippen LogP contribution in [0.25, 0.3) is 0 Å². The molecular weight excluding hydrogens is 232 g/mol. The number of hydrogen-bond acceptors (Lipinski definition) is 4. The molecule has 1 atom stereocenters. The Hall–Kier alpha value is -1.43. The third-order valence-electron chi connectivity index (χ3n) is 2.07. The van der Waals surface area contributed by atoms with Crippen LogP contribution >= 0.6 is 11.8 Å². The molecule has 1 rings (SSSR count). The van der Waals surface area contributed by atoms with Crippen molar-refractivity contribution in [2.45, 2.75) is 24.9 Å². The Kier molecular flexibility index (Phi) is 4.00. The van der Waals surface area contributed by atoms with E-state index in [1.807, 2.05) is 0 Å². The lowest BCUT2D eigenvalue weighted by Crippen LogP contribution is -2.11. The van der Waals surface area contributed by atoms with Gasteiger partial charge in [0.15, 0.2) is 0 Å². The number of carboxylic acid groups (broad SMARTS) is 2. The van der Waals surface area contributed by atoms with Crippen LogP contribution in [0.15, 0.2) is 10.5 Å². The molecule has 0 aliphatic carbocycles. The van der Waals surface area contributed by atoms with Crippen LogP contribution in [-0.2, 0) is 10.5 Å². The van der Waals surface area contributed by atoms with Gasteiger partial charge in [0.05, 0.1) is 5.25 Å². The molecule has 0 aromatic carbocycles. The van der Waals surface area contributed by atoms with Gasteiger partial charge in [0.2, 0.25) is 5.76 Å². The lowest BCUT2D eigenvalue weighted by atomic mass is 10.3. The molecule has 1 aromatic rings. The number of carbonyl (C=O) groups is 2. The number of aliphatic carboxylic acids is 1. The first-order chi connectivity index (χ1) is 7.41. The minimum Gasteiger partial charge on any atom is -0.480 e. The van der Waals surface area contributed by atoms with Crippen LogP contribution in [-0.4, -0.2) is 27.4 Å². The molecule has 0 saturated carbocycles. The highest BCUT2D eigenvalue weighted by Crippen LogP contribution is 2.23. The van der Waals surface area contributed by atoms with Crippen molar-refractivity contribution in [3.63, 3.8) is 0 Å². The maximum absolute atomic E-state index is 10.6. The fourth-order valence-electron chi connectivity index (χ4n) is 1.05. The quantitative estimate of drug-likeness (QED) is 0.823. The summed E-state index contributed by atoms with van der Waals surface area (Å²) in [6.45, 7) is 3.24. The van der Waals surface area contributed by atoms with E-state index in [1.165, 1.54) is 17.8 Å². The van der Waals surface area contributed by atoms with Gasteiger partial charge in [0.1, 0.15) is 5.76 Å². The Morgan fingerprint density at radius 2 is 2.12 bits per heavy atom. The maximum Gasteiger partial charge on any atom is 0.371 e. The van der Waals surface area contributed by atoms with E-state index >= 15 is 0 Å². The lowest BCUT2D eigenvalue weighted by Gasteiger charge is -2.04. The van der Waals surface area contributed by atoms with E-state index in [1.54, 1.807) is 13.8 Å². The molecule has 0 saturated heterocycles. The van der Waals surface area contributed by atoms with Gasteiger partial charge in [-0.1, -0.05) is 0 Å². The minimum absolute atomic E-state index is 0.115. The van der Waals surface area contributed by atoms with Gasteiger partial charge in [-0.3, -0.25) is 4.79 Å². The molecule has 0 amide bonds. The van der Waals surface area contributed by atoms with Crippen molar-refractivity contribution < 1.29 is 24.2 Å². The first-order valence-corrected chi connectivity index (χ1v) is 5.63. The zero-order chi connectivity index (χ0) is 12.3. The van der Waals surface area contributed by atoms with Gasteiger partial charge in [-0.15, -0.1) is 11.8 Å². The van der Waals surface area contributed by atoms with E-state index < -0.39 is 17.2 Å². The summed E-state index contributed by atoms with van der Waals surface area (Å²) in [5.41, 5.74) is 0.718. The summed E-state index contributed by atoms with van der Waals surface area (Å²) in [4.78, 5) is 21.2. The monoisotopic (exact) mass is 244 g/mol. The molecule has 0 fully saturated rings. The maximum atomic E-state index is 10.6. The van der Waals surface area contributed by atoms with Crippen LogP contribution in [0, 0.1) is 6.92 Å². The molecule has 2 N–H and O–H groups in total. The Bertz CT molecular complexity index is 409. The highest BCUT2D eigenvalue weighted by atomic mass is 32.2. The summed E-state index contributed by atoms with van der Waals surface area (Å²) in [5.74, 6) is -1.18. The minimum atomic E-state index is -1.12. The van der Waals surface area contributed by atoms with Crippen LogP contribution in [0.5, 0.6) is 0 Å². The molecule has 0 spiro atoms. The molecule has 1 heterocycles. The summed E-state index contributed by atoms with van der Waals surface area (Å²) in [5, 5.41) is 16.9. The molecule has 1 aromatic heterocycles. The molecular formula is C10H12O5S. The van der Waals surface area contributed by atoms with Crippen LogP contribution in [0.2, 0.25) is 0 Å². The highest BCUT2D eigenvalue weighted by molar-refractivity contribution is 7.99. The smallest absolute Gasteiger partial charge is 0.371 e. The van der Waals surface area contributed by atoms with E-state index in [4.69, 9.17) is 14.6 Å². The first-order valence-electron chi connectivity index (χ1n) is 4.59. The topological polar surface area (TPSA) is 87.7 Å². The second-order valence-corrected chi connectivity index (χ2v) is 4.62. The zero-order valence-electron chi connectivity index (χ0n) is 8.89. The SMILES string of the molecule is Cc1oc(C(=O)O)cc1CS[C@@H](C)C(=O)O. The van der Waals surface area contributed by atoms with Crippen LogP contribution in [0.1, 0.15) is 28.8 Å². The normalized spacial score (nSPS) is 12.4. The third-order valence-corrected chi connectivity index (χ3v) is 3.25. The van der Waals surface area contributed by atoms with Crippen molar-refractivity contribution in [2.75, 3.05) is 0 Å². The summed E-state index contributed by atoms with van der Waals surface area (Å²) >= 11 is 1.22. The largest absolute Gasteiger partial charge is 0.480 e. The van der Waals surface area contributed by atoms with Crippen LogP contribution < -0.4 is 0 Å². The predicted octanol–water partition coefficient (Wildman–Crippen LogP) is 1.99. The first kappa shape index (κ1) is 12.6. The van der Waals surface area contributed by atoms with Crippen LogP contribution in [0.4, 0.5) is 0 Å². The Morgan fingerprint density at radius 3 is 2.56 bits per heavy atom. The van der Waals surface area contributed by atoms with Crippen molar-refractivity contribution in [1.82, 2.24) is 0 Å². The number of aromatic carboxylic acids is 1. The van der Waals surface area contributed by atoms with Gasteiger partial charge >= 0.3 is 11.9 Å². The van der Waals surface area contributed by atoms with Gasteiger partial charge in [-0.25, -0.2) is 4.79 Å². The van der Waals surface area contributed by atoms with Gasteiger partial charge < -0.3 is 14.6 Å². The van der Waals surface area contributed by atoms with E-state index in [-0.39, 0.29) is 5.76 Å². The molecule has 0 bridgehead atoms. The average Bonchev–Trinajstić information content (AvgIpc) is 2.56. The molecule has 0 aliphatic heterocycles. The van der Waals surface area contributed by atoms with E-state index in [0.29, 0.717) is 11.5 Å². The van der Waals surface area contributed by atoms with Crippen molar-refractivity contribution in [3.05, 3.63) is 23.2 Å². The standard InChI is InChI=1S/C10H12O5S/c1-5-7(3-8(15-5)10(13)14)4-16-6(2)9(11)12/h3,6H,4H2,1-2H3,(H,11,12)(H,13,14)/t6-/m0/s1. The fraction of sp³-hybridized carbons (Fsp3) is 0.400. The van der Waals surface area contributed by atoms with Gasteiger partial charge in [-0.2, -0.15) is 0 Å². The van der Waals surface area contributed by atoms with Crippen LogP contribution in [0.3, 0.4) is 0 Å². The molecule has 0 radical (unpaired) electrons. The number of rotatable bonds is 5. The fourth-order valence-corrected chi connectivity index (χ4v) is 1.91. The van der Waals surface area contributed by atoms with Gasteiger partial charge in [0, 0.05) is 11.3 Å². The summed E-state index contributed by atoms with van der Waals surface area (Å²) < 4.78 is 5.01. The third kappa shape index (κ3) is 3.03. The van der Waals surface area contributed by atoms with Crippen molar-refractivity contribution >= 4 is 23.7 Å². The Balaban J connectivity index is 2.67. The zero-order valence-corrected chi connectivity index (χ0v) is 9.71. The average molecular weight is 244 g/mol. The molecule has 0 unspecified atom stereocenters. The van der Waals surface area contributed by atoms with Gasteiger partial charge in [0.25, 0.3) is 0 Å². The highest BCUT2D eigenvalue weighted by Gasteiger charge is 2.16. The van der Waals surface area contributed by atoms with Crippen molar-refractivity contribution in [2.24, 2.45) is 0 Å².